The highest BCUT2D eigenvalue weighted by atomic mass is 35.5. The topological polar surface area (TPSA) is 89.2 Å². The van der Waals surface area contributed by atoms with Crippen LogP contribution in [0.4, 0.5) is 0 Å². The van der Waals surface area contributed by atoms with Gasteiger partial charge in [-0.1, -0.05) is 71.7 Å². The van der Waals surface area contributed by atoms with E-state index in [4.69, 9.17) is 32.7 Å². The van der Waals surface area contributed by atoms with E-state index in [1.54, 1.807) is 35.2 Å². The average molecular weight is 557 g/mol. The second-order valence-electron chi connectivity index (χ2n) is 8.48. The smallest absolute Gasteiger partial charge is 0.268 e. The Morgan fingerprint density at radius 3 is 2.36 bits per heavy atom. The summed E-state index contributed by atoms with van der Waals surface area (Å²) in [4.78, 5) is 26.6. The normalized spacial score (nSPS) is 11.3. The summed E-state index contributed by atoms with van der Waals surface area (Å²) in [6, 6.07) is 27.2. The minimum absolute atomic E-state index is 0.00219. The van der Waals surface area contributed by atoms with E-state index in [0.717, 1.165) is 11.3 Å². The van der Waals surface area contributed by atoms with Gasteiger partial charge in [0.05, 0.1) is 29.1 Å². The maximum atomic E-state index is 13.4. The quantitative estimate of drug-likeness (QED) is 0.213. The lowest BCUT2D eigenvalue weighted by atomic mass is 10.1. The lowest BCUT2D eigenvalue weighted by Crippen LogP contribution is -2.34. The second kappa shape index (κ2) is 11.9. The number of rotatable bonds is 8. The van der Waals surface area contributed by atoms with Gasteiger partial charge in [0, 0.05) is 22.3 Å². The Bertz CT molecular complexity index is 1630. The number of hydrogen-bond acceptors (Lipinski definition) is 4. The summed E-state index contributed by atoms with van der Waals surface area (Å²) < 4.78 is 7.05. The van der Waals surface area contributed by atoms with Crippen molar-refractivity contribution in [3.63, 3.8) is 0 Å². The molecule has 0 aliphatic heterocycles. The first-order valence-corrected chi connectivity index (χ1v) is 12.7. The molecule has 2 aromatic heterocycles. The molecule has 0 radical (unpaired) electrons. The van der Waals surface area contributed by atoms with Crippen LogP contribution in [0.5, 0.6) is 0 Å². The first-order valence-electron chi connectivity index (χ1n) is 12.0. The zero-order valence-corrected chi connectivity index (χ0v) is 22.0. The highest BCUT2D eigenvalue weighted by Gasteiger charge is 2.19. The number of para-hydroxylation sites is 1. The number of hydrogen-bond donors (Lipinski definition) is 2. The molecule has 0 saturated carbocycles. The van der Waals surface area contributed by atoms with Crippen molar-refractivity contribution in [3.05, 3.63) is 136 Å². The molecule has 194 valence electrons. The van der Waals surface area contributed by atoms with Crippen LogP contribution in [0.25, 0.3) is 23.0 Å². The molecule has 0 atom stereocenters. The molecular formula is C30H22Cl2N4O3. The van der Waals surface area contributed by atoms with Crippen molar-refractivity contribution in [2.75, 3.05) is 0 Å². The SMILES string of the molecule is O=C(NCc1ccco1)/C(=C/c1cn(-c2ccccc2)nc1-c1ccccc1)NC(=O)c1ccc(Cl)cc1Cl. The van der Waals surface area contributed by atoms with Crippen LogP contribution in [0.15, 0.2) is 114 Å². The minimum Gasteiger partial charge on any atom is -0.467 e. The molecule has 2 N–H and O–H groups in total. The average Bonchev–Trinajstić information content (AvgIpc) is 3.63. The first kappa shape index (κ1) is 26.0. The summed E-state index contributed by atoms with van der Waals surface area (Å²) in [6.45, 7) is 0.134. The zero-order valence-electron chi connectivity index (χ0n) is 20.5. The number of halogens is 2. The molecule has 0 saturated heterocycles. The van der Waals surface area contributed by atoms with Crippen molar-refractivity contribution in [1.82, 2.24) is 20.4 Å². The standard InChI is InChI=1S/C30H22Cl2N4O3/c31-22-13-14-25(26(32)17-22)29(37)34-27(30(38)33-18-24-12-7-15-39-24)16-21-19-36(23-10-5-2-6-11-23)35-28(21)20-8-3-1-4-9-20/h1-17,19H,18H2,(H,33,38)(H,34,37)/b27-16-. The van der Waals surface area contributed by atoms with E-state index in [0.29, 0.717) is 22.0 Å². The number of carbonyl (C=O) groups excluding carboxylic acids is 2. The second-order valence-corrected chi connectivity index (χ2v) is 9.32. The lowest BCUT2D eigenvalue weighted by molar-refractivity contribution is -0.118. The molecule has 2 heterocycles. The Balaban J connectivity index is 1.55. The molecule has 0 fully saturated rings. The van der Waals surface area contributed by atoms with E-state index >= 15 is 0 Å². The molecule has 0 aliphatic rings. The van der Waals surface area contributed by atoms with Crippen LogP contribution < -0.4 is 10.6 Å². The molecule has 3 aromatic carbocycles. The van der Waals surface area contributed by atoms with Crippen LogP contribution in [0.1, 0.15) is 21.7 Å². The number of amides is 2. The largest absolute Gasteiger partial charge is 0.467 e. The van der Waals surface area contributed by atoms with Crippen molar-refractivity contribution in [3.8, 4) is 16.9 Å². The molecule has 0 unspecified atom stereocenters. The van der Waals surface area contributed by atoms with Crippen molar-refractivity contribution in [2.24, 2.45) is 0 Å². The predicted molar refractivity (Wildman–Crippen MR) is 151 cm³/mol. The molecule has 0 aliphatic carbocycles. The molecule has 7 nitrogen and oxygen atoms in total. The van der Waals surface area contributed by atoms with E-state index in [1.165, 1.54) is 18.4 Å². The lowest BCUT2D eigenvalue weighted by Gasteiger charge is -2.12. The van der Waals surface area contributed by atoms with Crippen LogP contribution in [0, 0.1) is 0 Å². The van der Waals surface area contributed by atoms with Gasteiger partial charge in [0.2, 0.25) is 0 Å². The monoisotopic (exact) mass is 556 g/mol. The highest BCUT2D eigenvalue weighted by molar-refractivity contribution is 6.36. The Kier molecular flexibility index (Phi) is 7.91. The van der Waals surface area contributed by atoms with E-state index in [9.17, 15) is 9.59 Å². The van der Waals surface area contributed by atoms with Crippen LogP contribution in [0.3, 0.4) is 0 Å². The van der Waals surface area contributed by atoms with Crippen molar-refractivity contribution in [2.45, 2.75) is 6.54 Å². The fourth-order valence-corrected chi connectivity index (χ4v) is 4.37. The predicted octanol–water partition coefficient (Wildman–Crippen LogP) is 6.53. The Hall–Kier alpha value is -4.59. The number of carbonyl (C=O) groups is 2. The number of nitrogens with zero attached hydrogens (tertiary/aromatic N) is 2. The van der Waals surface area contributed by atoms with E-state index in [-0.39, 0.29) is 22.8 Å². The molecular weight excluding hydrogens is 535 g/mol. The van der Waals surface area contributed by atoms with Gasteiger partial charge in [-0.05, 0) is 48.5 Å². The summed E-state index contributed by atoms with van der Waals surface area (Å²) in [7, 11) is 0. The molecule has 39 heavy (non-hydrogen) atoms. The van der Waals surface area contributed by atoms with Gasteiger partial charge in [0.15, 0.2) is 0 Å². The maximum absolute atomic E-state index is 13.4. The number of nitrogens with one attached hydrogen (secondary N) is 2. The van der Waals surface area contributed by atoms with Crippen LogP contribution in [0.2, 0.25) is 10.0 Å². The van der Waals surface area contributed by atoms with Crippen LogP contribution in [-0.2, 0) is 11.3 Å². The number of furan rings is 1. The molecule has 5 rings (SSSR count). The van der Waals surface area contributed by atoms with Gasteiger partial charge < -0.3 is 15.1 Å². The highest BCUT2D eigenvalue weighted by Crippen LogP contribution is 2.26. The third-order valence-corrected chi connectivity index (χ3v) is 6.33. The summed E-state index contributed by atoms with van der Waals surface area (Å²) in [5.74, 6) is -0.513. The van der Waals surface area contributed by atoms with Crippen LogP contribution >= 0.6 is 23.2 Å². The number of benzene rings is 3. The fraction of sp³-hybridized carbons (Fsp3) is 0.0333. The minimum atomic E-state index is -0.562. The molecule has 9 heteroatoms. The maximum Gasteiger partial charge on any atom is 0.268 e. The molecule has 5 aromatic rings. The summed E-state index contributed by atoms with van der Waals surface area (Å²) in [5.41, 5.74) is 3.12. The third-order valence-electron chi connectivity index (χ3n) is 5.78. The van der Waals surface area contributed by atoms with E-state index in [1.807, 2.05) is 60.7 Å². The third kappa shape index (κ3) is 6.29. The van der Waals surface area contributed by atoms with Crippen molar-refractivity contribution < 1.29 is 14.0 Å². The van der Waals surface area contributed by atoms with Crippen molar-refractivity contribution >= 4 is 41.1 Å². The van der Waals surface area contributed by atoms with E-state index in [2.05, 4.69) is 10.6 Å². The van der Waals surface area contributed by atoms with Gasteiger partial charge in [-0.2, -0.15) is 5.10 Å². The number of aromatic nitrogens is 2. The van der Waals surface area contributed by atoms with Gasteiger partial charge in [-0.3, -0.25) is 9.59 Å². The Morgan fingerprint density at radius 2 is 1.67 bits per heavy atom. The van der Waals surface area contributed by atoms with Crippen molar-refractivity contribution in [1.29, 1.82) is 0 Å². The van der Waals surface area contributed by atoms with Gasteiger partial charge in [0.25, 0.3) is 11.8 Å². The summed E-state index contributed by atoms with van der Waals surface area (Å²) >= 11 is 12.3. The molecule has 0 bridgehead atoms. The molecule has 0 spiro atoms. The summed E-state index contributed by atoms with van der Waals surface area (Å²) in [6.07, 6.45) is 4.92. The Labute approximate surface area is 234 Å². The van der Waals surface area contributed by atoms with Crippen LogP contribution in [-0.4, -0.2) is 21.6 Å². The molecule has 2 amide bonds. The Morgan fingerprint density at radius 1 is 0.923 bits per heavy atom. The van der Waals surface area contributed by atoms with Gasteiger partial charge in [0.1, 0.15) is 17.2 Å². The first-order chi connectivity index (χ1) is 19.0. The zero-order chi connectivity index (χ0) is 27.2. The van der Waals surface area contributed by atoms with Gasteiger partial charge in [-0.25, -0.2) is 4.68 Å². The van der Waals surface area contributed by atoms with E-state index < -0.39 is 11.8 Å². The fourth-order valence-electron chi connectivity index (χ4n) is 3.88. The van der Waals surface area contributed by atoms with Gasteiger partial charge >= 0.3 is 0 Å². The summed E-state index contributed by atoms with van der Waals surface area (Å²) in [5, 5.41) is 10.8. The van der Waals surface area contributed by atoms with Gasteiger partial charge in [-0.15, -0.1) is 0 Å².